The average molecular weight is 161 g/mol. The van der Waals surface area contributed by atoms with Crippen molar-refractivity contribution in [1.29, 1.82) is 0 Å². The fourth-order valence-electron chi connectivity index (χ4n) is 0.157. The topological polar surface area (TPSA) is 9.23 Å². The normalized spacial score (nSPS) is 7.80. The van der Waals surface area contributed by atoms with Crippen molar-refractivity contribution in [2.24, 2.45) is 0 Å². The molecule has 0 spiro atoms. The van der Waals surface area contributed by atoms with Gasteiger partial charge in [0.05, 0.1) is 12.5 Å². The molecule has 0 N–H and O–H groups in total. The third kappa shape index (κ3) is 26.6. The highest BCUT2D eigenvalue weighted by Gasteiger charge is 1.54. The van der Waals surface area contributed by atoms with Crippen LogP contribution in [-0.2, 0) is 4.74 Å². The highest BCUT2D eigenvalue weighted by Crippen LogP contribution is 1.73. The fourth-order valence-corrected chi connectivity index (χ4v) is 0.335. The number of ether oxygens (including phenoxy) is 1. The third-order valence-electron chi connectivity index (χ3n) is 0.517. The lowest BCUT2D eigenvalue weighted by Gasteiger charge is -1.76. The van der Waals surface area contributed by atoms with Gasteiger partial charge < -0.3 is 4.74 Å². The molecule has 0 saturated carbocycles. The van der Waals surface area contributed by atoms with Gasteiger partial charge in [0.15, 0.2) is 0 Å². The van der Waals surface area contributed by atoms with E-state index in [0.29, 0.717) is 5.88 Å². The van der Waals surface area contributed by atoms with Gasteiger partial charge in [-0.2, -0.15) is 0 Å². The van der Waals surface area contributed by atoms with E-state index in [2.05, 4.69) is 17.9 Å². The lowest BCUT2D eigenvalue weighted by atomic mass is 10.6. The Hall–Kier alpha value is -0.690. The van der Waals surface area contributed by atoms with Gasteiger partial charge in [-0.25, -0.2) is 0 Å². The van der Waals surface area contributed by atoms with Gasteiger partial charge in [-0.15, -0.1) is 11.6 Å². The maximum atomic E-state index is 5.21. The first-order valence-corrected chi connectivity index (χ1v) is 3.41. The van der Waals surface area contributed by atoms with Crippen molar-refractivity contribution in [1.82, 2.24) is 0 Å². The van der Waals surface area contributed by atoms with Gasteiger partial charge in [0.25, 0.3) is 0 Å². The van der Waals surface area contributed by atoms with E-state index in [-0.39, 0.29) is 0 Å². The highest BCUT2D eigenvalue weighted by atomic mass is 35.5. The summed E-state index contributed by atoms with van der Waals surface area (Å²) in [6.07, 6.45) is 6.44. The van der Waals surface area contributed by atoms with Crippen LogP contribution >= 0.6 is 11.6 Å². The first kappa shape index (κ1) is 12.0. The Kier molecular flexibility index (Phi) is 18.9. The summed E-state index contributed by atoms with van der Waals surface area (Å²) in [5, 5.41) is 0. The van der Waals surface area contributed by atoms with Gasteiger partial charge in [0, 0.05) is 5.88 Å². The van der Waals surface area contributed by atoms with E-state index in [1.54, 1.807) is 0 Å². The SMILES string of the molecule is C=COC=C.CC=CCCl. The van der Waals surface area contributed by atoms with Crippen LogP contribution < -0.4 is 0 Å². The van der Waals surface area contributed by atoms with Gasteiger partial charge in [-0.1, -0.05) is 25.3 Å². The van der Waals surface area contributed by atoms with Crippen LogP contribution in [0.2, 0.25) is 0 Å². The van der Waals surface area contributed by atoms with Crippen molar-refractivity contribution >= 4 is 11.6 Å². The first-order valence-electron chi connectivity index (χ1n) is 2.87. The van der Waals surface area contributed by atoms with E-state index in [9.17, 15) is 0 Å². The molecule has 0 fully saturated rings. The molecule has 0 heterocycles. The van der Waals surface area contributed by atoms with Crippen molar-refractivity contribution in [2.45, 2.75) is 6.92 Å². The minimum atomic E-state index is 0.635. The molecule has 0 aromatic heterocycles. The van der Waals surface area contributed by atoms with Crippen molar-refractivity contribution < 1.29 is 4.74 Å². The van der Waals surface area contributed by atoms with Crippen LogP contribution in [0.3, 0.4) is 0 Å². The number of allylic oxidation sites excluding steroid dienone is 2. The second kappa shape index (κ2) is 15.7. The maximum absolute atomic E-state index is 5.21. The molecule has 0 amide bonds. The minimum Gasteiger partial charge on any atom is -0.474 e. The number of halogens is 1. The fraction of sp³-hybridized carbons (Fsp3) is 0.250. The van der Waals surface area contributed by atoms with E-state index < -0.39 is 0 Å². The molecule has 0 unspecified atom stereocenters. The molecule has 0 saturated heterocycles. The molecule has 2 heteroatoms. The summed E-state index contributed by atoms with van der Waals surface area (Å²) in [6.45, 7) is 8.46. The Bertz CT molecular complexity index is 91.4. The third-order valence-corrected chi connectivity index (χ3v) is 0.695. The lowest BCUT2D eigenvalue weighted by molar-refractivity contribution is 0.406. The van der Waals surface area contributed by atoms with E-state index in [0.717, 1.165) is 0 Å². The molecule has 1 nitrogen and oxygen atoms in total. The van der Waals surface area contributed by atoms with Crippen molar-refractivity contribution in [3.05, 3.63) is 37.8 Å². The molecule has 10 heavy (non-hydrogen) atoms. The van der Waals surface area contributed by atoms with Crippen LogP contribution in [0.25, 0.3) is 0 Å². The van der Waals surface area contributed by atoms with E-state index >= 15 is 0 Å². The van der Waals surface area contributed by atoms with Crippen molar-refractivity contribution in [2.75, 3.05) is 5.88 Å². The summed E-state index contributed by atoms with van der Waals surface area (Å²) < 4.78 is 4.36. The van der Waals surface area contributed by atoms with E-state index in [1.807, 2.05) is 19.1 Å². The molecule has 0 aliphatic rings. The van der Waals surface area contributed by atoms with Crippen molar-refractivity contribution in [3.63, 3.8) is 0 Å². The van der Waals surface area contributed by atoms with Gasteiger partial charge in [-0.3, -0.25) is 0 Å². The molecule has 58 valence electrons. The van der Waals surface area contributed by atoms with Gasteiger partial charge in [0.2, 0.25) is 0 Å². The Morgan fingerprint density at radius 1 is 1.40 bits per heavy atom. The zero-order chi connectivity index (χ0) is 8.24. The Labute approximate surface area is 67.6 Å². The molecular weight excluding hydrogens is 148 g/mol. The second-order valence-corrected chi connectivity index (χ2v) is 1.50. The first-order chi connectivity index (χ1) is 4.83. The highest BCUT2D eigenvalue weighted by molar-refractivity contribution is 6.18. The number of hydrogen-bond acceptors (Lipinski definition) is 1. The molecular formula is C8H13ClO. The van der Waals surface area contributed by atoms with Crippen LogP contribution in [0, 0.1) is 0 Å². The quantitative estimate of drug-likeness (QED) is 0.350. The molecule has 0 rings (SSSR count). The average Bonchev–Trinajstić information content (AvgIpc) is 1.93. The summed E-state index contributed by atoms with van der Waals surface area (Å²) in [6, 6.07) is 0. The summed E-state index contributed by atoms with van der Waals surface area (Å²) in [7, 11) is 0. The zero-order valence-electron chi connectivity index (χ0n) is 6.22. The summed E-state index contributed by atoms with van der Waals surface area (Å²) >= 11 is 5.21. The number of hydrogen-bond donors (Lipinski definition) is 0. The predicted molar refractivity (Wildman–Crippen MR) is 47.0 cm³/mol. The molecule has 0 aliphatic carbocycles. The zero-order valence-corrected chi connectivity index (χ0v) is 6.97. The molecule has 0 aromatic carbocycles. The summed E-state index contributed by atoms with van der Waals surface area (Å²) in [5.74, 6) is 0.635. The minimum absolute atomic E-state index is 0.635. The van der Waals surface area contributed by atoms with Gasteiger partial charge >= 0.3 is 0 Å². The largest absolute Gasteiger partial charge is 0.474 e. The van der Waals surface area contributed by atoms with Gasteiger partial charge in [0.1, 0.15) is 0 Å². The number of rotatable bonds is 3. The monoisotopic (exact) mass is 160 g/mol. The molecule has 0 aliphatic heterocycles. The lowest BCUT2D eigenvalue weighted by Crippen LogP contribution is -1.52. The van der Waals surface area contributed by atoms with Crippen molar-refractivity contribution in [3.8, 4) is 0 Å². The second-order valence-electron chi connectivity index (χ2n) is 1.19. The molecule has 0 atom stereocenters. The Morgan fingerprint density at radius 2 is 1.90 bits per heavy atom. The molecule has 0 bridgehead atoms. The van der Waals surface area contributed by atoms with Crippen LogP contribution in [0.5, 0.6) is 0 Å². The smallest absolute Gasteiger partial charge is 0.0829 e. The predicted octanol–water partition coefficient (Wildman–Crippen LogP) is 3.09. The molecule has 0 radical (unpaired) electrons. The Morgan fingerprint density at radius 3 is 1.90 bits per heavy atom. The standard InChI is InChI=1S/C4H7Cl.C4H6O/c1-2-3-4-5;1-3-5-4-2/h2-3H,4H2,1H3;3-4H,1-2H2. The summed E-state index contributed by atoms with van der Waals surface area (Å²) in [5.41, 5.74) is 0. The maximum Gasteiger partial charge on any atom is 0.0829 e. The van der Waals surface area contributed by atoms with Crippen LogP contribution in [0.4, 0.5) is 0 Å². The number of alkyl halides is 1. The van der Waals surface area contributed by atoms with Gasteiger partial charge in [-0.05, 0) is 6.92 Å². The van der Waals surface area contributed by atoms with E-state index in [4.69, 9.17) is 11.6 Å². The van der Waals surface area contributed by atoms with Crippen LogP contribution in [-0.4, -0.2) is 5.88 Å². The summed E-state index contributed by atoms with van der Waals surface area (Å²) in [4.78, 5) is 0. The van der Waals surface area contributed by atoms with E-state index in [1.165, 1.54) is 12.5 Å². The van der Waals surface area contributed by atoms with Crippen LogP contribution in [0.15, 0.2) is 37.8 Å². The Balaban J connectivity index is 0. The van der Waals surface area contributed by atoms with Crippen LogP contribution in [0.1, 0.15) is 6.92 Å². The molecule has 0 aromatic rings.